The van der Waals surface area contributed by atoms with Gasteiger partial charge in [-0.2, -0.15) is 0 Å². The second-order valence-corrected chi connectivity index (χ2v) is 4.05. The van der Waals surface area contributed by atoms with Crippen LogP contribution in [0.4, 0.5) is 8.78 Å². The first kappa shape index (κ1) is 14.7. The van der Waals surface area contributed by atoms with Gasteiger partial charge >= 0.3 is 0 Å². The highest BCUT2D eigenvalue weighted by Gasteiger charge is 2.18. The highest BCUT2D eigenvalue weighted by Crippen LogP contribution is 2.30. The van der Waals surface area contributed by atoms with Gasteiger partial charge in [-0.3, -0.25) is 0 Å². The summed E-state index contributed by atoms with van der Waals surface area (Å²) in [7, 11) is 2.56. The van der Waals surface area contributed by atoms with Crippen LogP contribution in [0.3, 0.4) is 0 Å². The molecule has 0 amide bonds. The highest BCUT2D eigenvalue weighted by molar-refractivity contribution is 5.51. The Hall–Kier alpha value is -2.68. The first-order valence-corrected chi connectivity index (χ1v) is 5.97. The molecule has 0 bridgehead atoms. The fourth-order valence-electron chi connectivity index (χ4n) is 1.59. The predicted octanol–water partition coefficient (Wildman–Crippen LogP) is 2.48. The molecule has 4 nitrogen and oxygen atoms in total. The maximum atomic E-state index is 14.1. The van der Waals surface area contributed by atoms with Crippen LogP contribution in [0, 0.1) is 30.4 Å². The lowest BCUT2D eigenvalue weighted by molar-refractivity contribution is 0.357. The number of aryl methyl sites for hydroxylation is 1. The molecule has 6 heteroatoms. The van der Waals surface area contributed by atoms with Crippen LogP contribution in [-0.2, 0) is 0 Å². The van der Waals surface area contributed by atoms with Gasteiger partial charge in [-0.15, -0.1) is 0 Å². The lowest BCUT2D eigenvalue weighted by Gasteiger charge is -2.08. The third kappa shape index (κ3) is 3.08. The number of halogens is 2. The Balaban J connectivity index is 2.51. The van der Waals surface area contributed by atoms with E-state index >= 15 is 0 Å². The van der Waals surface area contributed by atoms with Crippen LogP contribution >= 0.6 is 0 Å². The zero-order chi connectivity index (χ0) is 15.4. The third-order valence-electron chi connectivity index (χ3n) is 2.69. The molecule has 2 rings (SSSR count). The van der Waals surface area contributed by atoms with Crippen molar-refractivity contribution in [2.75, 3.05) is 14.2 Å². The summed E-state index contributed by atoms with van der Waals surface area (Å²) >= 11 is 0. The molecule has 2 aromatic rings. The number of ether oxygens (including phenoxy) is 2. The zero-order valence-electron chi connectivity index (χ0n) is 11.7. The van der Waals surface area contributed by atoms with E-state index in [1.165, 1.54) is 26.6 Å². The molecular weight excluding hydrogens is 278 g/mol. The van der Waals surface area contributed by atoms with Gasteiger partial charge < -0.3 is 9.47 Å². The number of benzene rings is 1. The number of nitrogens with zero attached hydrogens (tertiary/aromatic N) is 2. The number of methoxy groups -OCH3 is 2. The van der Waals surface area contributed by atoms with Gasteiger partial charge in [-0.25, -0.2) is 18.7 Å². The minimum absolute atomic E-state index is 0.141. The second-order valence-electron chi connectivity index (χ2n) is 4.05. The minimum atomic E-state index is -0.878. The van der Waals surface area contributed by atoms with Crippen LogP contribution in [0.1, 0.15) is 17.0 Å². The van der Waals surface area contributed by atoms with Crippen molar-refractivity contribution in [2.45, 2.75) is 6.92 Å². The van der Waals surface area contributed by atoms with Gasteiger partial charge in [-0.1, -0.05) is 11.8 Å². The Morgan fingerprint density at radius 3 is 1.95 bits per heavy atom. The summed E-state index contributed by atoms with van der Waals surface area (Å²) in [5.41, 5.74) is 0.0213. The van der Waals surface area contributed by atoms with Crippen molar-refractivity contribution in [1.82, 2.24) is 9.97 Å². The lowest BCUT2D eigenvalue weighted by atomic mass is 10.1. The molecule has 21 heavy (non-hydrogen) atoms. The second kappa shape index (κ2) is 6.18. The number of hydrogen-bond donors (Lipinski definition) is 0. The number of rotatable bonds is 2. The molecule has 0 N–H and O–H groups in total. The molecule has 0 radical (unpaired) electrons. The molecule has 0 atom stereocenters. The summed E-state index contributed by atoms with van der Waals surface area (Å²) in [6.45, 7) is 1.73. The molecule has 0 aliphatic rings. The summed E-state index contributed by atoms with van der Waals surface area (Å²) in [5, 5.41) is 0. The van der Waals surface area contributed by atoms with E-state index in [4.69, 9.17) is 9.47 Å². The first-order chi connectivity index (χ1) is 10.1. The van der Waals surface area contributed by atoms with Crippen LogP contribution < -0.4 is 9.47 Å². The summed E-state index contributed by atoms with van der Waals surface area (Å²) in [6.07, 6.45) is 2.95. The van der Waals surface area contributed by atoms with Gasteiger partial charge in [0.1, 0.15) is 11.4 Å². The molecule has 108 valence electrons. The molecule has 0 fully saturated rings. The quantitative estimate of drug-likeness (QED) is 0.797. The summed E-state index contributed by atoms with van der Waals surface area (Å²) in [6, 6.07) is 1.13. The summed E-state index contributed by atoms with van der Waals surface area (Å²) in [4.78, 5) is 7.91. The predicted molar refractivity (Wildman–Crippen MR) is 72.2 cm³/mol. The summed E-state index contributed by atoms with van der Waals surface area (Å²) in [5.74, 6) is 3.58. The molecule has 0 aliphatic heterocycles. The first-order valence-electron chi connectivity index (χ1n) is 5.97. The Labute approximate surface area is 120 Å². The molecule has 1 aromatic heterocycles. The number of hydrogen-bond acceptors (Lipinski definition) is 4. The molecule has 0 unspecified atom stereocenters. The third-order valence-corrected chi connectivity index (χ3v) is 2.69. The van der Waals surface area contributed by atoms with Crippen LogP contribution in [0.5, 0.6) is 11.5 Å². The van der Waals surface area contributed by atoms with Crippen LogP contribution in [0.15, 0.2) is 18.5 Å². The van der Waals surface area contributed by atoms with E-state index in [1.54, 1.807) is 6.92 Å². The van der Waals surface area contributed by atoms with Crippen molar-refractivity contribution < 1.29 is 18.3 Å². The smallest absolute Gasteiger partial charge is 0.183 e. The normalized spacial score (nSPS) is 9.76. The van der Waals surface area contributed by atoms with E-state index in [2.05, 4.69) is 21.8 Å². The topological polar surface area (TPSA) is 44.2 Å². The van der Waals surface area contributed by atoms with Crippen molar-refractivity contribution in [2.24, 2.45) is 0 Å². The minimum Gasteiger partial charge on any atom is -0.493 e. The maximum Gasteiger partial charge on any atom is 0.183 e. The van der Waals surface area contributed by atoms with E-state index in [9.17, 15) is 8.78 Å². The maximum absolute atomic E-state index is 14.1. The summed E-state index contributed by atoms with van der Waals surface area (Å²) < 4.78 is 37.8. The lowest BCUT2D eigenvalue weighted by Crippen LogP contribution is -1.99. The van der Waals surface area contributed by atoms with E-state index in [0.717, 1.165) is 6.07 Å². The Bertz CT molecular complexity index is 691. The van der Waals surface area contributed by atoms with Gasteiger partial charge in [0.15, 0.2) is 23.1 Å². The van der Waals surface area contributed by atoms with E-state index in [0.29, 0.717) is 11.4 Å². The molecule has 0 spiro atoms. The van der Waals surface area contributed by atoms with Crippen molar-refractivity contribution in [3.8, 4) is 23.3 Å². The SMILES string of the molecule is COc1cc(OC)c(F)c(C#Cc2cnc(C)nc2)c1F. The standard InChI is InChI=1S/C15H12F2N2O2/c1-9-18-7-10(8-19-9)4-5-11-14(16)12(20-2)6-13(21-3)15(11)17/h6-8H,1-3H3. The van der Waals surface area contributed by atoms with Crippen LogP contribution in [0.25, 0.3) is 0 Å². The van der Waals surface area contributed by atoms with Gasteiger partial charge in [0, 0.05) is 18.5 Å². The molecular formula is C15H12F2N2O2. The van der Waals surface area contributed by atoms with Gasteiger partial charge in [0.2, 0.25) is 0 Å². The monoisotopic (exact) mass is 290 g/mol. The fraction of sp³-hybridized carbons (Fsp3) is 0.200. The van der Waals surface area contributed by atoms with Crippen molar-refractivity contribution in [3.05, 3.63) is 47.0 Å². The average molecular weight is 290 g/mol. The highest BCUT2D eigenvalue weighted by atomic mass is 19.1. The Morgan fingerprint density at radius 1 is 0.952 bits per heavy atom. The fourth-order valence-corrected chi connectivity index (χ4v) is 1.59. The van der Waals surface area contributed by atoms with E-state index in [-0.39, 0.29) is 11.5 Å². The molecule has 1 heterocycles. The van der Waals surface area contributed by atoms with Gasteiger partial charge in [0.25, 0.3) is 0 Å². The molecule has 0 aliphatic carbocycles. The van der Waals surface area contributed by atoms with Crippen LogP contribution in [-0.4, -0.2) is 24.2 Å². The average Bonchev–Trinajstić information content (AvgIpc) is 2.49. The molecule has 0 saturated heterocycles. The van der Waals surface area contributed by atoms with E-state index in [1.807, 2.05) is 0 Å². The van der Waals surface area contributed by atoms with Crippen LogP contribution in [0.2, 0.25) is 0 Å². The molecule has 1 aromatic carbocycles. The number of aromatic nitrogens is 2. The van der Waals surface area contributed by atoms with Crippen molar-refractivity contribution >= 4 is 0 Å². The van der Waals surface area contributed by atoms with E-state index < -0.39 is 17.2 Å². The van der Waals surface area contributed by atoms with Gasteiger partial charge in [0.05, 0.1) is 19.8 Å². The Morgan fingerprint density at radius 2 is 1.48 bits per heavy atom. The van der Waals surface area contributed by atoms with Gasteiger partial charge in [-0.05, 0) is 6.92 Å². The largest absolute Gasteiger partial charge is 0.493 e. The zero-order valence-corrected chi connectivity index (χ0v) is 11.7. The Kier molecular flexibility index (Phi) is 4.33. The molecule has 0 saturated carbocycles. The van der Waals surface area contributed by atoms with Crippen molar-refractivity contribution in [1.29, 1.82) is 0 Å². The van der Waals surface area contributed by atoms with Crippen molar-refractivity contribution in [3.63, 3.8) is 0 Å².